The van der Waals surface area contributed by atoms with Crippen LogP contribution in [0.5, 0.6) is 5.75 Å². The van der Waals surface area contributed by atoms with Crippen LogP contribution in [0.4, 0.5) is 0 Å². The van der Waals surface area contributed by atoms with Crippen molar-refractivity contribution in [3.63, 3.8) is 0 Å². The summed E-state index contributed by atoms with van der Waals surface area (Å²) in [6.45, 7) is 2.86. The first kappa shape index (κ1) is 20.4. The molecule has 2 aromatic carbocycles. The zero-order chi connectivity index (χ0) is 20.8. The lowest BCUT2D eigenvalue weighted by atomic mass is 10.0. The molecule has 0 unspecified atom stereocenters. The maximum atomic E-state index is 12.7. The fourth-order valence-electron chi connectivity index (χ4n) is 3.30. The maximum absolute atomic E-state index is 12.7. The molecule has 0 spiro atoms. The van der Waals surface area contributed by atoms with Gasteiger partial charge in [-0.05, 0) is 44.0 Å². The van der Waals surface area contributed by atoms with E-state index in [-0.39, 0.29) is 24.5 Å². The van der Waals surface area contributed by atoms with Crippen molar-refractivity contribution in [1.29, 1.82) is 0 Å². The lowest BCUT2D eigenvalue weighted by Gasteiger charge is -2.32. The van der Waals surface area contributed by atoms with Crippen LogP contribution in [0.3, 0.4) is 0 Å². The van der Waals surface area contributed by atoms with E-state index < -0.39 is 5.91 Å². The van der Waals surface area contributed by atoms with Crippen LogP contribution in [-0.2, 0) is 4.79 Å². The average Bonchev–Trinajstić information content (AvgIpc) is 2.73. The first-order valence-corrected chi connectivity index (χ1v) is 9.61. The number of hydrogen-bond donors (Lipinski definition) is 2. The van der Waals surface area contributed by atoms with Gasteiger partial charge in [0.1, 0.15) is 5.75 Å². The molecule has 0 atom stereocenters. The standard InChI is InChI=1S/C22H25N3O4/c1-15-6-8-16(9-7-15)22(28)25-12-10-17(11-13-25)24-21(27)18-4-2-3-5-19(18)29-14-20(23)26/h2-9,17H,10-14H2,1H3,(H2,23,26)(H,24,27). The number of ether oxygens (including phenoxy) is 1. The highest BCUT2D eigenvalue weighted by Gasteiger charge is 2.25. The second-order valence-corrected chi connectivity index (χ2v) is 7.16. The van der Waals surface area contributed by atoms with Gasteiger partial charge in [0.25, 0.3) is 17.7 Å². The third kappa shape index (κ3) is 5.34. The third-order valence-electron chi connectivity index (χ3n) is 4.92. The Morgan fingerprint density at radius 2 is 1.72 bits per heavy atom. The number of amides is 3. The van der Waals surface area contributed by atoms with E-state index >= 15 is 0 Å². The van der Waals surface area contributed by atoms with E-state index in [9.17, 15) is 14.4 Å². The zero-order valence-electron chi connectivity index (χ0n) is 16.4. The number of benzene rings is 2. The zero-order valence-corrected chi connectivity index (χ0v) is 16.4. The van der Waals surface area contributed by atoms with Crippen molar-refractivity contribution in [2.75, 3.05) is 19.7 Å². The number of carbonyl (C=O) groups excluding carboxylic acids is 3. The summed E-state index contributed by atoms with van der Waals surface area (Å²) in [5.41, 5.74) is 7.25. The second kappa shape index (κ2) is 9.23. The Bertz CT molecular complexity index is 887. The predicted octanol–water partition coefficient (Wildman–Crippen LogP) is 1.89. The summed E-state index contributed by atoms with van der Waals surface area (Å²) in [7, 11) is 0. The summed E-state index contributed by atoms with van der Waals surface area (Å²) in [5, 5.41) is 3.00. The SMILES string of the molecule is Cc1ccc(C(=O)N2CCC(NC(=O)c3ccccc3OCC(N)=O)CC2)cc1. The Morgan fingerprint density at radius 1 is 1.07 bits per heavy atom. The minimum Gasteiger partial charge on any atom is -0.483 e. The molecule has 1 aliphatic rings. The molecule has 1 aliphatic heterocycles. The van der Waals surface area contributed by atoms with Gasteiger partial charge in [-0.1, -0.05) is 29.8 Å². The fourth-order valence-corrected chi connectivity index (χ4v) is 3.30. The highest BCUT2D eigenvalue weighted by atomic mass is 16.5. The van der Waals surface area contributed by atoms with Crippen molar-refractivity contribution >= 4 is 17.7 Å². The van der Waals surface area contributed by atoms with Gasteiger partial charge in [0.2, 0.25) is 0 Å². The van der Waals surface area contributed by atoms with Crippen molar-refractivity contribution in [2.24, 2.45) is 5.73 Å². The molecule has 7 heteroatoms. The Balaban J connectivity index is 1.55. The molecule has 3 amide bonds. The van der Waals surface area contributed by atoms with Gasteiger partial charge in [-0.2, -0.15) is 0 Å². The topological polar surface area (TPSA) is 102 Å². The first-order chi connectivity index (χ1) is 13.9. The van der Waals surface area contributed by atoms with Crippen molar-refractivity contribution < 1.29 is 19.1 Å². The molecule has 3 rings (SSSR count). The molecule has 1 saturated heterocycles. The van der Waals surface area contributed by atoms with Crippen LogP contribution in [0.1, 0.15) is 39.1 Å². The number of carbonyl (C=O) groups is 3. The van der Waals surface area contributed by atoms with Crippen LogP contribution < -0.4 is 15.8 Å². The molecule has 1 fully saturated rings. The van der Waals surface area contributed by atoms with Crippen molar-refractivity contribution in [3.8, 4) is 5.75 Å². The van der Waals surface area contributed by atoms with Gasteiger partial charge in [-0.25, -0.2) is 0 Å². The van der Waals surface area contributed by atoms with E-state index in [0.29, 0.717) is 42.8 Å². The van der Waals surface area contributed by atoms with Crippen molar-refractivity contribution in [1.82, 2.24) is 10.2 Å². The molecular formula is C22H25N3O4. The molecule has 0 radical (unpaired) electrons. The predicted molar refractivity (Wildman–Crippen MR) is 109 cm³/mol. The van der Waals surface area contributed by atoms with Crippen LogP contribution in [-0.4, -0.2) is 48.4 Å². The van der Waals surface area contributed by atoms with Crippen molar-refractivity contribution in [2.45, 2.75) is 25.8 Å². The van der Waals surface area contributed by atoms with Gasteiger partial charge < -0.3 is 20.7 Å². The minimum absolute atomic E-state index is 0.0139. The van der Waals surface area contributed by atoms with Gasteiger partial charge in [0.15, 0.2) is 6.61 Å². The van der Waals surface area contributed by atoms with Crippen molar-refractivity contribution in [3.05, 3.63) is 65.2 Å². The van der Waals surface area contributed by atoms with Crippen LogP contribution >= 0.6 is 0 Å². The van der Waals surface area contributed by atoms with Crippen LogP contribution in [0.15, 0.2) is 48.5 Å². The number of aryl methyl sites for hydroxylation is 1. The number of rotatable bonds is 6. The summed E-state index contributed by atoms with van der Waals surface area (Å²) in [6, 6.07) is 14.2. The van der Waals surface area contributed by atoms with Crippen LogP contribution in [0, 0.1) is 6.92 Å². The molecule has 7 nitrogen and oxygen atoms in total. The van der Waals surface area contributed by atoms with E-state index in [4.69, 9.17) is 10.5 Å². The molecule has 152 valence electrons. The number of primary amides is 1. The Morgan fingerprint density at radius 3 is 2.38 bits per heavy atom. The molecule has 0 saturated carbocycles. The number of nitrogens with two attached hydrogens (primary N) is 1. The van der Waals surface area contributed by atoms with E-state index in [1.807, 2.05) is 36.1 Å². The van der Waals surface area contributed by atoms with E-state index in [1.54, 1.807) is 24.3 Å². The number of para-hydroxylation sites is 1. The molecule has 0 aliphatic carbocycles. The number of hydrogen-bond acceptors (Lipinski definition) is 4. The number of nitrogens with zero attached hydrogens (tertiary/aromatic N) is 1. The summed E-state index contributed by atoms with van der Waals surface area (Å²) < 4.78 is 5.33. The summed E-state index contributed by atoms with van der Waals surface area (Å²) >= 11 is 0. The van der Waals surface area contributed by atoms with Gasteiger partial charge in [0, 0.05) is 24.7 Å². The fraction of sp³-hybridized carbons (Fsp3) is 0.318. The smallest absolute Gasteiger partial charge is 0.255 e. The number of likely N-dealkylation sites (tertiary alicyclic amines) is 1. The van der Waals surface area contributed by atoms with E-state index in [0.717, 1.165) is 5.56 Å². The van der Waals surface area contributed by atoms with Gasteiger partial charge >= 0.3 is 0 Å². The summed E-state index contributed by atoms with van der Waals surface area (Å²) in [5.74, 6) is -0.546. The number of piperidine rings is 1. The first-order valence-electron chi connectivity index (χ1n) is 9.61. The molecule has 1 heterocycles. The Kier molecular flexibility index (Phi) is 6.49. The van der Waals surface area contributed by atoms with Crippen LogP contribution in [0.25, 0.3) is 0 Å². The molecule has 2 aromatic rings. The molecular weight excluding hydrogens is 370 g/mol. The van der Waals surface area contributed by atoms with E-state index in [2.05, 4.69) is 5.32 Å². The largest absolute Gasteiger partial charge is 0.483 e. The lowest BCUT2D eigenvalue weighted by Crippen LogP contribution is -2.46. The van der Waals surface area contributed by atoms with Gasteiger partial charge in [0.05, 0.1) is 5.56 Å². The quantitative estimate of drug-likeness (QED) is 0.780. The number of nitrogens with one attached hydrogen (secondary N) is 1. The highest BCUT2D eigenvalue weighted by molar-refractivity contribution is 5.97. The third-order valence-corrected chi connectivity index (χ3v) is 4.92. The summed E-state index contributed by atoms with van der Waals surface area (Å²) in [6.07, 6.45) is 1.35. The monoisotopic (exact) mass is 395 g/mol. The molecule has 0 aromatic heterocycles. The van der Waals surface area contributed by atoms with Crippen LogP contribution in [0.2, 0.25) is 0 Å². The minimum atomic E-state index is -0.606. The lowest BCUT2D eigenvalue weighted by molar-refractivity contribution is -0.119. The Hall–Kier alpha value is -3.35. The molecule has 0 bridgehead atoms. The summed E-state index contributed by atoms with van der Waals surface area (Å²) in [4.78, 5) is 38.0. The Labute approximate surface area is 169 Å². The molecule has 3 N–H and O–H groups in total. The highest BCUT2D eigenvalue weighted by Crippen LogP contribution is 2.20. The normalized spacial score (nSPS) is 14.3. The molecule has 29 heavy (non-hydrogen) atoms. The van der Waals surface area contributed by atoms with E-state index in [1.165, 1.54) is 0 Å². The second-order valence-electron chi connectivity index (χ2n) is 7.16. The maximum Gasteiger partial charge on any atom is 0.255 e. The van der Waals surface area contributed by atoms with Gasteiger partial charge in [-0.15, -0.1) is 0 Å². The average molecular weight is 395 g/mol. The van der Waals surface area contributed by atoms with Gasteiger partial charge in [-0.3, -0.25) is 14.4 Å².